The van der Waals surface area contributed by atoms with Crippen LogP contribution in [0.15, 0.2) is 30.3 Å². The van der Waals surface area contributed by atoms with E-state index in [2.05, 4.69) is 26.0 Å². The van der Waals surface area contributed by atoms with Crippen molar-refractivity contribution in [3.63, 3.8) is 0 Å². The fraction of sp³-hybridized carbons (Fsp3) is 0.312. The minimum Gasteiger partial charge on any atom is -0.465 e. The molecule has 0 saturated heterocycles. The van der Waals surface area contributed by atoms with Crippen LogP contribution in [0.2, 0.25) is 0 Å². The second kappa shape index (κ2) is 3.58. The van der Waals surface area contributed by atoms with Crippen molar-refractivity contribution in [1.29, 1.82) is 0 Å². The van der Waals surface area contributed by atoms with E-state index in [1.54, 1.807) is 0 Å². The molecule has 3 rings (SSSR count). The molecule has 0 spiro atoms. The fourth-order valence-electron chi connectivity index (χ4n) is 3.05. The van der Waals surface area contributed by atoms with Crippen molar-refractivity contribution in [2.75, 3.05) is 7.11 Å². The summed E-state index contributed by atoms with van der Waals surface area (Å²) in [5.74, 6) is -0.261. The van der Waals surface area contributed by atoms with Gasteiger partial charge in [-0.15, -0.1) is 0 Å². The van der Waals surface area contributed by atoms with Gasteiger partial charge in [-0.1, -0.05) is 38.1 Å². The molecular formula is C16H16O2. The normalized spacial score (nSPS) is 15.9. The van der Waals surface area contributed by atoms with E-state index in [9.17, 15) is 4.79 Å². The molecule has 0 amide bonds. The minimum absolute atomic E-state index is 0.149. The number of hydrogen-bond acceptors (Lipinski definition) is 2. The Kier molecular flexibility index (Phi) is 2.24. The summed E-state index contributed by atoms with van der Waals surface area (Å²) in [6, 6.07) is 10.2. The number of carbonyl (C=O) groups excluding carboxylic acids is 1. The number of ether oxygens (including phenoxy) is 1. The Balaban J connectivity index is 2.39. The van der Waals surface area contributed by atoms with Crippen LogP contribution in [0.5, 0.6) is 0 Å². The third kappa shape index (κ3) is 1.38. The lowest BCUT2D eigenvalue weighted by atomic mass is 9.85. The first kappa shape index (κ1) is 11.3. The van der Waals surface area contributed by atoms with E-state index in [4.69, 9.17) is 4.74 Å². The maximum absolute atomic E-state index is 11.8. The Bertz CT molecular complexity index is 653. The first-order valence-electron chi connectivity index (χ1n) is 6.18. The van der Waals surface area contributed by atoms with Crippen LogP contribution < -0.4 is 0 Å². The van der Waals surface area contributed by atoms with Gasteiger partial charge in [-0.2, -0.15) is 0 Å². The Morgan fingerprint density at radius 1 is 1.22 bits per heavy atom. The average molecular weight is 240 g/mol. The Morgan fingerprint density at radius 3 is 2.72 bits per heavy atom. The van der Waals surface area contributed by atoms with Crippen molar-refractivity contribution in [3.05, 3.63) is 47.0 Å². The van der Waals surface area contributed by atoms with Crippen LogP contribution >= 0.6 is 0 Å². The lowest BCUT2D eigenvalue weighted by Crippen LogP contribution is -2.15. The third-order valence-electron chi connectivity index (χ3n) is 3.89. The molecule has 0 saturated carbocycles. The predicted molar refractivity (Wildman–Crippen MR) is 72.0 cm³/mol. The van der Waals surface area contributed by atoms with E-state index >= 15 is 0 Å². The molecule has 0 heterocycles. The van der Waals surface area contributed by atoms with Crippen LogP contribution in [0.4, 0.5) is 0 Å². The molecule has 0 aliphatic heterocycles. The monoisotopic (exact) mass is 240 g/mol. The first-order valence-corrected chi connectivity index (χ1v) is 6.18. The highest BCUT2D eigenvalue weighted by Gasteiger charge is 2.32. The second-order valence-electron chi connectivity index (χ2n) is 5.55. The summed E-state index contributed by atoms with van der Waals surface area (Å²) in [4.78, 5) is 11.8. The van der Waals surface area contributed by atoms with Gasteiger partial charge in [0.15, 0.2) is 0 Å². The SMILES string of the molecule is COC(=O)c1ccc2c3c(cccc13)CC2(C)C. The molecule has 2 nitrogen and oxygen atoms in total. The fourth-order valence-corrected chi connectivity index (χ4v) is 3.05. The summed E-state index contributed by atoms with van der Waals surface area (Å²) < 4.78 is 4.86. The molecule has 1 aliphatic rings. The summed E-state index contributed by atoms with van der Waals surface area (Å²) in [5, 5.41) is 2.26. The topological polar surface area (TPSA) is 26.3 Å². The van der Waals surface area contributed by atoms with Crippen molar-refractivity contribution in [2.24, 2.45) is 0 Å². The van der Waals surface area contributed by atoms with Gasteiger partial charge in [0.2, 0.25) is 0 Å². The maximum Gasteiger partial charge on any atom is 0.338 e. The summed E-state index contributed by atoms with van der Waals surface area (Å²) in [7, 11) is 1.43. The van der Waals surface area contributed by atoms with E-state index in [1.165, 1.54) is 23.6 Å². The molecule has 0 fully saturated rings. The van der Waals surface area contributed by atoms with Crippen LogP contribution in [-0.2, 0) is 16.6 Å². The van der Waals surface area contributed by atoms with Crippen molar-refractivity contribution in [3.8, 4) is 0 Å². The van der Waals surface area contributed by atoms with Gasteiger partial charge < -0.3 is 4.74 Å². The molecule has 2 aromatic carbocycles. The molecule has 1 aliphatic carbocycles. The molecule has 0 unspecified atom stereocenters. The molecule has 0 N–H and O–H groups in total. The molecule has 92 valence electrons. The lowest BCUT2D eigenvalue weighted by molar-refractivity contribution is 0.0603. The summed E-state index contributed by atoms with van der Waals surface area (Å²) in [5.41, 5.74) is 3.48. The number of hydrogen-bond donors (Lipinski definition) is 0. The number of rotatable bonds is 1. The number of benzene rings is 2. The number of carbonyl (C=O) groups is 1. The highest BCUT2D eigenvalue weighted by Crippen LogP contribution is 2.43. The van der Waals surface area contributed by atoms with Crippen LogP contribution in [0.1, 0.15) is 35.3 Å². The Hall–Kier alpha value is -1.83. The van der Waals surface area contributed by atoms with Crippen molar-refractivity contribution in [2.45, 2.75) is 25.7 Å². The van der Waals surface area contributed by atoms with E-state index in [0.717, 1.165) is 11.8 Å². The largest absolute Gasteiger partial charge is 0.465 e. The zero-order chi connectivity index (χ0) is 12.9. The Morgan fingerprint density at radius 2 is 2.00 bits per heavy atom. The zero-order valence-electron chi connectivity index (χ0n) is 10.9. The molecule has 18 heavy (non-hydrogen) atoms. The summed E-state index contributed by atoms with van der Waals surface area (Å²) >= 11 is 0. The van der Waals surface area contributed by atoms with Crippen molar-refractivity contribution in [1.82, 2.24) is 0 Å². The average Bonchev–Trinajstić information content (AvgIpc) is 2.62. The predicted octanol–water partition coefficient (Wildman–Crippen LogP) is 3.46. The van der Waals surface area contributed by atoms with Gasteiger partial charge in [0.05, 0.1) is 12.7 Å². The van der Waals surface area contributed by atoms with E-state index in [-0.39, 0.29) is 11.4 Å². The highest BCUT2D eigenvalue weighted by molar-refractivity contribution is 6.07. The van der Waals surface area contributed by atoms with Gasteiger partial charge in [0, 0.05) is 0 Å². The van der Waals surface area contributed by atoms with Crippen LogP contribution in [0, 0.1) is 0 Å². The number of methoxy groups -OCH3 is 1. The molecule has 0 aromatic heterocycles. The summed E-state index contributed by atoms with van der Waals surface area (Å²) in [6.07, 6.45) is 1.03. The van der Waals surface area contributed by atoms with Gasteiger partial charge in [0.25, 0.3) is 0 Å². The standard InChI is InChI=1S/C16H16O2/c1-16(2)9-10-5-4-6-11-12(15(17)18-3)7-8-13(16)14(10)11/h4-8H,9H2,1-3H3. The third-order valence-corrected chi connectivity index (χ3v) is 3.89. The molecule has 0 radical (unpaired) electrons. The van der Waals surface area contributed by atoms with E-state index in [1.807, 2.05) is 18.2 Å². The van der Waals surface area contributed by atoms with E-state index in [0.29, 0.717) is 5.56 Å². The number of esters is 1. The smallest absolute Gasteiger partial charge is 0.338 e. The van der Waals surface area contributed by atoms with Crippen molar-refractivity contribution < 1.29 is 9.53 Å². The van der Waals surface area contributed by atoms with Crippen LogP contribution in [-0.4, -0.2) is 13.1 Å². The van der Waals surface area contributed by atoms with Gasteiger partial charge in [-0.25, -0.2) is 4.79 Å². The van der Waals surface area contributed by atoms with Gasteiger partial charge in [-0.05, 0) is 39.8 Å². The molecule has 0 atom stereocenters. The highest BCUT2D eigenvalue weighted by atomic mass is 16.5. The minimum atomic E-state index is -0.261. The Labute approximate surface area is 107 Å². The molecule has 0 bridgehead atoms. The first-order chi connectivity index (χ1) is 8.54. The quantitative estimate of drug-likeness (QED) is 0.713. The van der Waals surface area contributed by atoms with Gasteiger partial charge >= 0.3 is 5.97 Å². The molecule has 2 heteroatoms. The zero-order valence-corrected chi connectivity index (χ0v) is 10.9. The molecular weight excluding hydrogens is 224 g/mol. The van der Waals surface area contributed by atoms with Crippen LogP contribution in [0.3, 0.4) is 0 Å². The van der Waals surface area contributed by atoms with Gasteiger partial charge in [0.1, 0.15) is 0 Å². The van der Waals surface area contributed by atoms with Crippen LogP contribution in [0.25, 0.3) is 10.8 Å². The lowest BCUT2D eigenvalue weighted by Gasteiger charge is -2.19. The molecule has 2 aromatic rings. The van der Waals surface area contributed by atoms with Crippen molar-refractivity contribution >= 4 is 16.7 Å². The second-order valence-corrected chi connectivity index (χ2v) is 5.55. The maximum atomic E-state index is 11.8. The van der Waals surface area contributed by atoms with E-state index < -0.39 is 0 Å². The summed E-state index contributed by atoms with van der Waals surface area (Å²) in [6.45, 7) is 4.50. The van der Waals surface area contributed by atoms with Gasteiger partial charge in [-0.3, -0.25) is 0 Å².